The van der Waals surface area contributed by atoms with E-state index in [0.29, 0.717) is 18.4 Å². The zero-order valence-electron chi connectivity index (χ0n) is 12.3. The fraction of sp³-hybridized carbons (Fsp3) is 0.389. The second kappa shape index (κ2) is 5.37. The van der Waals surface area contributed by atoms with Crippen LogP contribution in [-0.2, 0) is 12.8 Å². The highest BCUT2D eigenvalue weighted by atomic mass is 14.7. The quantitative estimate of drug-likeness (QED) is 0.860. The van der Waals surface area contributed by atoms with Gasteiger partial charge in [-0.1, -0.05) is 36.8 Å². The summed E-state index contributed by atoms with van der Waals surface area (Å²) in [6, 6.07) is 11.1. The van der Waals surface area contributed by atoms with Gasteiger partial charge in [-0.05, 0) is 48.4 Å². The average Bonchev–Trinajstić information content (AvgIpc) is 2.45. The van der Waals surface area contributed by atoms with Crippen molar-refractivity contribution in [2.24, 2.45) is 5.73 Å². The van der Waals surface area contributed by atoms with Gasteiger partial charge in [0.25, 0.3) is 0 Å². The molecule has 0 amide bonds. The molecule has 3 rings (SSSR count). The van der Waals surface area contributed by atoms with Gasteiger partial charge in [0.15, 0.2) is 0 Å². The van der Waals surface area contributed by atoms with E-state index < -0.39 is 0 Å². The number of fused-ring (bicyclic) bond motifs is 2. The molecule has 1 heterocycles. The minimum atomic E-state index is 0.333. The van der Waals surface area contributed by atoms with Crippen LogP contribution >= 0.6 is 0 Å². The molecular formula is C18H22N2. The predicted octanol–water partition coefficient (Wildman–Crippen LogP) is 3.33. The third kappa shape index (κ3) is 2.36. The van der Waals surface area contributed by atoms with Gasteiger partial charge in [0.1, 0.15) is 0 Å². The lowest BCUT2D eigenvalue weighted by molar-refractivity contribution is 0.620. The first-order chi connectivity index (χ1) is 9.69. The number of hydrogen-bond donors (Lipinski definition) is 1. The lowest BCUT2D eigenvalue weighted by Gasteiger charge is -2.26. The Labute approximate surface area is 121 Å². The van der Waals surface area contributed by atoms with E-state index >= 15 is 0 Å². The largest absolute Gasteiger partial charge is 0.330 e. The predicted molar refractivity (Wildman–Crippen MR) is 83.0 cm³/mol. The summed E-state index contributed by atoms with van der Waals surface area (Å²) in [5.74, 6) is 0.867. The van der Waals surface area contributed by atoms with E-state index in [2.05, 4.69) is 43.1 Å². The molecule has 2 heteroatoms. The molecule has 2 atom stereocenters. The van der Waals surface area contributed by atoms with Crippen LogP contribution in [0.2, 0.25) is 0 Å². The molecule has 1 aromatic carbocycles. The van der Waals surface area contributed by atoms with Crippen molar-refractivity contribution in [1.82, 2.24) is 4.98 Å². The summed E-state index contributed by atoms with van der Waals surface area (Å²) in [6.07, 6.45) is 3.94. The van der Waals surface area contributed by atoms with Gasteiger partial charge in [0.05, 0.1) is 0 Å². The van der Waals surface area contributed by atoms with Crippen LogP contribution in [0.5, 0.6) is 0 Å². The van der Waals surface area contributed by atoms with Gasteiger partial charge in [-0.3, -0.25) is 4.98 Å². The van der Waals surface area contributed by atoms with E-state index in [1.54, 1.807) is 0 Å². The van der Waals surface area contributed by atoms with Gasteiger partial charge in [0, 0.05) is 24.4 Å². The molecule has 20 heavy (non-hydrogen) atoms. The van der Waals surface area contributed by atoms with Crippen molar-refractivity contribution in [3.8, 4) is 0 Å². The Morgan fingerprint density at radius 1 is 1.20 bits per heavy atom. The van der Waals surface area contributed by atoms with Crippen LogP contribution in [0.25, 0.3) is 0 Å². The highest BCUT2D eigenvalue weighted by molar-refractivity contribution is 5.39. The zero-order chi connectivity index (χ0) is 14.1. The molecular weight excluding hydrogens is 244 g/mol. The SMILES string of the molecule is Cc1ccc2c(c1)[C@@H](C)Cc1cccnc1C(CN)C2. The van der Waals surface area contributed by atoms with Gasteiger partial charge in [-0.2, -0.15) is 0 Å². The molecule has 0 aliphatic heterocycles. The molecule has 0 saturated carbocycles. The Bertz CT molecular complexity index is 619. The minimum Gasteiger partial charge on any atom is -0.330 e. The smallest absolute Gasteiger partial charge is 0.0482 e. The van der Waals surface area contributed by atoms with Gasteiger partial charge in [-0.15, -0.1) is 0 Å². The second-order valence-corrected chi connectivity index (χ2v) is 5.99. The summed E-state index contributed by atoms with van der Waals surface area (Å²) in [5, 5.41) is 0. The number of aryl methyl sites for hydroxylation is 1. The maximum Gasteiger partial charge on any atom is 0.0482 e. The highest BCUT2D eigenvalue weighted by Crippen LogP contribution is 2.33. The number of nitrogens with zero attached hydrogens (tertiary/aromatic N) is 1. The topological polar surface area (TPSA) is 38.9 Å². The van der Waals surface area contributed by atoms with Crippen molar-refractivity contribution in [2.45, 2.75) is 38.5 Å². The highest BCUT2D eigenvalue weighted by Gasteiger charge is 2.23. The molecule has 0 saturated heterocycles. The Kier molecular flexibility index (Phi) is 3.58. The fourth-order valence-corrected chi connectivity index (χ4v) is 3.35. The van der Waals surface area contributed by atoms with Gasteiger partial charge in [0.2, 0.25) is 0 Å². The number of aromatic nitrogens is 1. The second-order valence-electron chi connectivity index (χ2n) is 5.99. The van der Waals surface area contributed by atoms with Crippen LogP contribution in [0.15, 0.2) is 36.5 Å². The van der Waals surface area contributed by atoms with Crippen LogP contribution in [0.1, 0.15) is 46.7 Å². The normalized spacial score (nSPS) is 21.6. The van der Waals surface area contributed by atoms with Crippen LogP contribution < -0.4 is 5.73 Å². The third-order valence-electron chi connectivity index (χ3n) is 4.42. The van der Waals surface area contributed by atoms with Crippen molar-refractivity contribution >= 4 is 0 Å². The number of hydrogen-bond acceptors (Lipinski definition) is 2. The van der Waals surface area contributed by atoms with E-state index in [4.69, 9.17) is 5.73 Å². The fourth-order valence-electron chi connectivity index (χ4n) is 3.35. The maximum atomic E-state index is 6.02. The molecule has 1 aromatic heterocycles. The third-order valence-corrected chi connectivity index (χ3v) is 4.42. The van der Waals surface area contributed by atoms with E-state index in [-0.39, 0.29) is 0 Å². The van der Waals surface area contributed by atoms with Crippen LogP contribution in [0.4, 0.5) is 0 Å². The van der Waals surface area contributed by atoms with E-state index in [0.717, 1.165) is 12.8 Å². The molecule has 2 nitrogen and oxygen atoms in total. The zero-order valence-corrected chi connectivity index (χ0v) is 12.3. The van der Waals surface area contributed by atoms with Crippen molar-refractivity contribution < 1.29 is 0 Å². The summed E-state index contributed by atoms with van der Waals surface area (Å²) in [4.78, 5) is 4.62. The molecule has 0 radical (unpaired) electrons. The molecule has 1 aliphatic rings. The summed E-state index contributed by atoms with van der Waals surface area (Å²) < 4.78 is 0. The lowest BCUT2D eigenvalue weighted by Crippen LogP contribution is -2.21. The first-order valence-electron chi connectivity index (χ1n) is 7.42. The van der Waals surface area contributed by atoms with E-state index in [9.17, 15) is 0 Å². The van der Waals surface area contributed by atoms with Crippen LogP contribution in [0, 0.1) is 6.92 Å². The van der Waals surface area contributed by atoms with E-state index in [1.165, 1.54) is 27.9 Å². The number of rotatable bonds is 1. The Morgan fingerprint density at radius 2 is 2.05 bits per heavy atom. The van der Waals surface area contributed by atoms with Crippen molar-refractivity contribution in [3.05, 3.63) is 64.5 Å². The van der Waals surface area contributed by atoms with Crippen molar-refractivity contribution in [2.75, 3.05) is 6.54 Å². The van der Waals surface area contributed by atoms with Crippen LogP contribution in [-0.4, -0.2) is 11.5 Å². The Balaban J connectivity index is 2.10. The Morgan fingerprint density at radius 3 is 2.85 bits per heavy atom. The first kappa shape index (κ1) is 13.3. The van der Waals surface area contributed by atoms with Gasteiger partial charge in [-0.25, -0.2) is 0 Å². The summed E-state index contributed by atoms with van der Waals surface area (Å²) >= 11 is 0. The van der Waals surface area contributed by atoms with E-state index in [1.807, 2.05) is 12.3 Å². The van der Waals surface area contributed by atoms with Gasteiger partial charge >= 0.3 is 0 Å². The molecule has 104 valence electrons. The molecule has 1 unspecified atom stereocenters. The minimum absolute atomic E-state index is 0.333. The monoisotopic (exact) mass is 266 g/mol. The molecule has 0 fully saturated rings. The molecule has 2 N–H and O–H groups in total. The standard InChI is InChI=1S/C18H22N2/c1-12-5-6-14-10-16(11-19)18-15(4-3-7-20-18)9-13(2)17(14)8-12/h3-8,13,16H,9-11,19H2,1-2H3/t13-,16?/m0/s1. The first-order valence-corrected chi connectivity index (χ1v) is 7.42. The maximum absolute atomic E-state index is 6.02. The van der Waals surface area contributed by atoms with Gasteiger partial charge < -0.3 is 5.73 Å². The number of pyridine rings is 1. The van der Waals surface area contributed by atoms with Crippen molar-refractivity contribution in [3.63, 3.8) is 0 Å². The summed E-state index contributed by atoms with van der Waals surface area (Å²) in [6.45, 7) is 5.14. The number of benzene rings is 1. The molecule has 0 spiro atoms. The number of nitrogens with two attached hydrogens (primary N) is 1. The molecule has 1 aliphatic carbocycles. The average molecular weight is 266 g/mol. The molecule has 0 bridgehead atoms. The Hall–Kier alpha value is -1.67. The lowest BCUT2D eigenvalue weighted by atomic mass is 9.80. The molecule has 2 aromatic rings. The van der Waals surface area contributed by atoms with Crippen LogP contribution in [0.3, 0.4) is 0 Å². The summed E-state index contributed by atoms with van der Waals surface area (Å²) in [5.41, 5.74) is 12.8. The van der Waals surface area contributed by atoms with Crippen molar-refractivity contribution in [1.29, 1.82) is 0 Å². The summed E-state index contributed by atoms with van der Waals surface area (Å²) in [7, 11) is 0.